The third-order valence-electron chi connectivity index (χ3n) is 8.32. The Balaban J connectivity index is 1.15. The summed E-state index contributed by atoms with van der Waals surface area (Å²) < 4.78 is 0. The fourth-order valence-corrected chi connectivity index (χ4v) is 5.76. The van der Waals surface area contributed by atoms with Gasteiger partial charge in [-0.2, -0.15) is 19.9 Å². The molecule has 0 unspecified atom stereocenters. The van der Waals surface area contributed by atoms with Crippen LogP contribution in [-0.4, -0.2) is 68.9 Å². The molecule has 0 aliphatic rings. The Kier molecular flexibility index (Phi) is 10.7. The Labute approximate surface area is 301 Å². The molecule has 0 fully saturated rings. The lowest BCUT2D eigenvalue weighted by molar-refractivity contribution is -0.137. The number of aromatic nitrogens is 8. The van der Waals surface area contributed by atoms with Crippen molar-refractivity contribution in [3.63, 3.8) is 0 Å². The molecule has 0 spiro atoms. The van der Waals surface area contributed by atoms with Gasteiger partial charge in [0.1, 0.15) is 6.17 Å². The van der Waals surface area contributed by atoms with Crippen LogP contribution in [0.25, 0.3) is 22.3 Å². The van der Waals surface area contributed by atoms with Crippen molar-refractivity contribution >= 4 is 63.6 Å². The number of hydrogen-bond acceptors (Lipinski definition) is 15. The first-order valence-electron chi connectivity index (χ1n) is 16.6. The predicted molar refractivity (Wildman–Crippen MR) is 196 cm³/mol. The van der Waals surface area contributed by atoms with Gasteiger partial charge in [-0.05, 0) is 61.8 Å². The minimum atomic E-state index is -0.987. The summed E-state index contributed by atoms with van der Waals surface area (Å²) in [5, 5.41) is 15.1. The van der Waals surface area contributed by atoms with Gasteiger partial charge in [-0.1, -0.05) is 36.4 Å². The van der Waals surface area contributed by atoms with Crippen LogP contribution in [0.5, 0.6) is 0 Å². The summed E-state index contributed by atoms with van der Waals surface area (Å²) in [6.45, 7) is 0. The number of rotatable bonds is 14. The minimum Gasteiger partial charge on any atom is -0.481 e. The number of hydrogen-bond donors (Lipinski definition) is 7. The van der Waals surface area contributed by atoms with Crippen molar-refractivity contribution < 1.29 is 19.5 Å². The average molecular weight is 717 g/mol. The van der Waals surface area contributed by atoms with Crippen molar-refractivity contribution in [1.82, 2.24) is 50.5 Å². The van der Waals surface area contributed by atoms with Crippen LogP contribution in [0.2, 0.25) is 0 Å². The van der Waals surface area contributed by atoms with Crippen molar-refractivity contribution in [3.05, 3.63) is 94.6 Å². The largest absolute Gasteiger partial charge is 0.481 e. The summed E-state index contributed by atoms with van der Waals surface area (Å²) in [5.41, 5.74) is 28.0. The van der Waals surface area contributed by atoms with Crippen LogP contribution in [0, 0.1) is 0 Å². The van der Waals surface area contributed by atoms with Crippen molar-refractivity contribution in [2.24, 2.45) is 0 Å². The van der Waals surface area contributed by atoms with Crippen LogP contribution in [0.4, 0.5) is 23.5 Å². The van der Waals surface area contributed by atoms with Gasteiger partial charge in [-0.25, -0.2) is 19.9 Å². The molecule has 6 rings (SSSR count). The molecular formula is C35H36N14O4. The minimum absolute atomic E-state index is 0.000326. The number of carboxylic acids is 1. The molecule has 18 nitrogen and oxygen atoms in total. The molecular weight excluding hydrogens is 680 g/mol. The van der Waals surface area contributed by atoms with Gasteiger partial charge in [-0.3, -0.25) is 14.4 Å². The molecule has 4 aromatic heterocycles. The lowest BCUT2D eigenvalue weighted by atomic mass is 10.0. The van der Waals surface area contributed by atoms with Gasteiger partial charge in [0, 0.05) is 17.5 Å². The second kappa shape index (κ2) is 15.8. The Morgan fingerprint density at radius 3 is 1.53 bits per heavy atom. The Morgan fingerprint density at radius 1 is 0.623 bits per heavy atom. The van der Waals surface area contributed by atoms with E-state index in [1.165, 1.54) is 0 Å². The summed E-state index contributed by atoms with van der Waals surface area (Å²) in [7, 11) is 0. The number of anilines is 4. The maximum Gasteiger partial charge on any atom is 0.303 e. The highest BCUT2D eigenvalue weighted by molar-refractivity contribution is 5.98. The van der Waals surface area contributed by atoms with Gasteiger partial charge in [0.15, 0.2) is 34.0 Å². The lowest BCUT2D eigenvalue weighted by Crippen LogP contribution is -2.48. The van der Waals surface area contributed by atoms with Gasteiger partial charge in [-0.15, -0.1) is 0 Å². The van der Waals surface area contributed by atoms with E-state index in [-0.39, 0.29) is 54.1 Å². The normalized spacial score (nSPS) is 11.2. The van der Waals surface area contributed by atoms with E-state index in [0.717, 1.165) is 11.1 Å². The summed E-state index contributed by atoms with van der Waals surface area (Å²) in [5.74, 6) is -1.63. The van der Waals surface area contributed by atoms with Gasteiger partial charge >= 0.3 is 5.97 Å². The van der Waals surface area contributed by atoms with Crippen molar-refractivity contribution in [1.29, 1.82) is 0 Å². The Hall–Kier alpha value is -7.11. The van der Waals surface area contributed by atoms with Gasteiger partial charge < -0.3 is 38.7 Å². The second-order valence-corrected chi connectivity index (χ2v) is 12.1. The fourth-order valence-electron chi connectivity index (χ4n) is 5.76. The molecule has 0 saturated heterocycles. The summed E-state index contributed by atoms with van der Waals surface area (Å²) in [6, 6.07) is 14.1. The summed E-state index contributed by atoms with van der Waals surface area (Å²) >= 11 is 0. The number of nitrogens with two attached hydrogens (primary N) is 4. The highest BCUT2D eigenvalue weighted by Crippen LogP contribution is 2.19. The molecule has 0 radical (unpaired) electrons. The highest BCUT2D eigenvalue weighted by Gasteiger charge is 2.21. The standard InChI is InChI=1S/C35H36N14O4/c36-28-26-30(48-34(38)46-28)40-16-20(42-26)14-12-18-6-1-3-8-22(18)32(52)44-24(10-5-11-25(50)51)45-33(53)23-9-4-2-7-19(23)13-15-21-17-41-31-27(43-21)29(37)47-35(39)49-31/h1-4,6-9,16-17,24H,5,10-15H2,(H,44,52)(H,45,53)(H,50,51)(H4,36,38,40,46,48)(H4,37,39,41,47,49). The molecule has 0 aliphatic heterocycles. The number of benzene rings is 2. The average Bonchev–Trinajstić information content (AvgIpc) is 3.13. The summed E-state index contributed by atoms with van der Waals surface area (Å²) in [6.07, 6.45) is 4.21. The zero-order valence-electron chi connectivity index (χ0n) is 28.4. The van der Waals surface area contributed by atoms with E-state index >= 15 is 0 Å². The Bertz CT molecular complexity index is 2180. The number of nitrogens with zero attached hydrogens (tertiary/aromatic N) is 8. The first-order chi connectivity index (χ1) is 25.5. The monoisotopic (exact) mass is 716 g/mol. The smallest absolute Gasteiger partial charge is 0.303 e. The van der Waals surface area contributed by atoms with Gasteiger partial charge in [0.2, 0.25) is 11.9 Å². The maximum atomic E-state index is 13.7. The van der Waals surface area contributed by atoms with Crippen molar-refractivity contribution in [2.45, 2.75) is 51.1 Å². The zero-order chi connectivity index (χ0) is 37.5. The number of fused-ring (bicyclic) bond motifs is 2. The third-order valence-corrected chi connectivity index (χ3v) is 8.32. The molecule has 0 bridgehead atoms. The molecule has 2 amide bonds. The number of carbonyl (C=O) groups is 3. The quantitative estimate of drug-likeness (QED) is 0.0790. The fraction of sp³-hybridized carbons (Fsp3) is 0.229. The lowest BCUT2D eigenvalue weighted by Gasteiger charge is -2.22. The van der Waals surface area contributed by atoms with E-state index < -0.39 is 23.9 Å². The number of carbonyl (C=O) groups excluding carboxylic acids is 2. The van der Waals surface area contributed by atoms with E-state index in [4.69, 9.17) is 22.9 Å². The van der Waals surface area contributed by atoms with Crippen molar-refractivity contribution in [3.8, 4) is 0 Å². The van der Waals surface area contributed by atoms with E-state index in [1.54, 1.807) is 36.7 Å². The van der Waals surface area contributed by atoms with E-state index in [2.05, 4.69) is 50.5 Å². The van der Waals surface area contributed by atoms with Crippen LogP contribution < -0.4 is 33.6 Å². The van der Waals surface area contributed by atoms with E-state index in [9.17, 15) is 19.5 Å². The highest BCUT2D eigenvalue weighted by atomic mass is 16.4. The third kappa shape index (κ3) is 8.80. The molecule has 270 valence electrons. The molecule has 0 saturated carbocycles. The topological polar surface area (TPSA) is 303 Å². The number of amides is 2. The van der Waals surface area contributed by atoms with Crippen LogP contribution in [0.15, 0.2) is 60.9 Å². The second-order valence-electron chi connectivity index (χ2n) is 12.1. The zero-order valence-corrected chi connectivity index (χ0v) is 28.4. The molecule has 2 aromatic carbocycles. The van der Waals surface area contributed by atoms with Crippen LogP contribution in [0.1, 0.15) is 62.5 Å². The van der Waals surface area contributed by atoms with Gasteiger partial charge in [0.25, 0.3) is 11.8 Å². The first kappa shape index (κ1) is 35.7. The first-order valence-corrected chi connectivity index (χ1v) is 16.6. The van der Waals surface area contributed by atoms with Crippen molar-refractivity contribution in [2.75, 3.05) is 22.9 Å². The molecule has 0 atom stereocenters. The SMILES string of the molecule is Nc1nc(N)c2nc(CCc3ccccc3C(=O)NC(CCCC(=O)O)NC(=O)c3ccccc3CCc3cnc4nc(N)nc(N)c4n3)cnc2n1. The molecule has 53 heavy (non-hydrogen) atoms. The molecule has 0 aliphatic carbocycles. The molecule has 4 heterocycles. The molecule has 11 N–H and O–H groups in total. The van der Waals surface area contributed by atoms with E-state index in [0.29, 0.717) is 59.2 Å². The summed E-state index contributed by atoms with van der Waals surface area (Å²) in [4.78, 5) is 72.4. The number of aryl methyl sites for hydroxylation is 4. The maximum absolute atomic E-state index is 13.7. The van der Waals surface area contributed by atoms with Crippen LogP contribution in [-0.2, 0) is 30.5 Å². The molecule has 6 aromatic rings. The molecule has 18 heteroatoms. The van der Waals surface area contributed by atoms with Crippen LogP contribution >= 0.6 is 0 Å². The number of nitrogens with one attached hydrogen (secondary N) is 2. The number of nitrogen functional groups attached to an aromatic ring is 4. The van der Waals surface area contributed by atoms with Gasteiger partial charge in [0.05, 0.1) is 23.8 Å². The van der Waals surface area contributed by atoms with E-state index in [1.807, 2.05) is 24.3 Å². The Morgan fingerprint density at radius 2 is 1.08 bits per heavy atom. The predicted octanol–water partition coefficient (Wildman–Crippen LogP) is 1.79. The number of carboxylic acid groups (broad SMARTS) is 1. The van der Waals surface area contributed by atoms with Crippen LogP contribution in [0.3, 0.4) is 0 Å². The number of aliphatic carboxylic acids is 1.